The number of benzene rings is 1. The Kier molecular flexibility index (Phi) is 6.90. The van der Waals surface area contributed by atoms with Gasteiger partial charge in [0.2, 0.25) is 11.8 Å². The topological polar surface area (TPSA) is 104 Å². The van der Waals surface area contributed by atoms with Gasteiger partial charge in [0.25, 0.3) is 5.56 Å². The van der Waals surface area contributed by atoms with E-state index in [9.17, 15) is 14.4 Å². The minimum atomic E-state index is -0.308. The maximum atomic E-state index is 12.7. The summed E-state index contributed by atoms with van der Waals surface area (Å²) in [5.41, 5.74) is 2.58. The van der Waals surface area contributed by atoms with Gasteiger partial charge >= 0.3 is 0 Å². The average molecular weight is 485 g/mol. The van der Waals surface area contributed by atoms with Gasteiger partial charge in [-0.25, -0.2) is 4.98 Å². The van der Waals surface area contributed by atoms with Gasteiger partial charge in [0.1, 0.15) is 10.7 Å². The van der Waals surface area contributed by atoms with Crippen LogP contribution in [0.4, 0.5) is 5.69 Å². The largest absolute Gasteiger partial charge is 0.349 e. The lowest BCUT2D eigenvalue weighted by atomic mass is 10.1. The number of carbonyl (C=O) groups excluding carboxylic acids is 2. The molecule has 1 saturated carbocycles. The number of aromatic amines is 1. The fraction of sp³-hybridized carbons (Fsp3) is 0.417. The second-order valence-corrected chi connectivity index (χ2v) is 11.1. The number of anilines is 1. The van der Waals surface area contributed by atoms with Crippen LogP contribution in [-0.2, 0) is 15.3 Å². The number of nitrogens with zero attached hydrogens (tertiary/aromatic N) is 1. The molecule has 0 saturated heterocycles. The number of H-pyrrole nitrogens is 1. The number of aryl methyl sites for hydroxylation is 2. The van der Waals surface area contributed by atoms with Crippen LogP contribution < -0.4 is 16.2 Å². The third-order valence-electron chi connectivity index (χ3n) is 5.91. The average Bonchev–Trinajstić information content (AvgIpc) is 3.58. The van der Waals surface area contributed by atoms with Gasteiger partial charge in [-0.3, -0.25) is 14.4 Å². The van der Waals surface area contributed by atoms with E-state index in [0.29, 0.717) is 17.0 Å². The molecular formula is C24H28N4O3S2. The molecule has 33 heavy (non-hydrogen) atoms. The van der Waals surface area contributed by atoms with Gasteiger partial charge in [0, 0.05) is 16.5 Å². The molecule has 0 radical (unpaired) electrons. The molecule has 9 heteroatoms. The number of fused-ring (bicyclic) bond motifs is 1. The Labute approximate surface area is 200 Å². The molecule has 3 aromatic rings. The van der Waals surface area contributed by atoms with Gasteiger partial charge in [-0.2, -0.15) is 0 Å². The highest BCUT2D eigenvalue weighted by Gasteiger charge is 2.29. The minimum absolute atomic E-state index is 0.0780. The summed E-state index contributed by atoms with van der Waals surface area (Å²) < 4.78 is 0. The van der Waals surface area contributed by atoms with E-state index >= 15 is 0 Å². The Morgan fingerprint density at radius 2 is 1.91 bits per heavy atom. The molecule has 7 nitrogen and oxygen atoms in total. The normalized spacial score (nSPS) is 15.3. The number of hydrogen-bond donors (Lipinski definition) is 3. The molecule has 1 fully saturated rings. The molecule has 174 valence electrons. The standard InChI is InChI=1S/C24H28N4O3S2/c1-12-14(3)33-24-20(12)23(31)27-19(28-24)11-32-15(4)21(29)25-13(2)16-7-9-18(10-8-16)26-22(30)17-5-6-17/h7-10,13,15,17H,5-6,11H2,1-4H3,(H,25,29)(H,26,30)(H,27,28,31). The highest BCUT2D eigenvalue weighted by molar-refractivity contribution is 7.99. The van der Waals surface area contributed by atoms with Crippen LogP contribution in [0.15, 0.2) is 29.1 Å². The summed E-state index contributed by atoms with van der Waals surface area (Å²) in [5.74, 6) is 1.18. The summed E-state index contributed by atoms with van der Waals surface area (Å²) in [7, 11) is 0. The molecule has 2 amide bonds. The Morgan fingerprint density at radius 3 is 2.58 bits per heavy atom. The molecule has 0 spiro atoms. The van der Waals surface area contributed by atoms with E-state index in [4.69, 9.17) is 0 Å². The Bertz CT molecular complexity index is 1250. The molecular weight excluding hydrogens is 456 g/mol. The van der Waals surface area contributed by atoms with Crippen molar-refractivity contribution in [2.24, 2.45) is 5.92 Å². The van der Waals surface area contributed by atoms with E-state index in [1.807, 2.05) is 52.0 Å². The van der Waals surface area contributed by atoms with Crippen LogP contribution >= 0.6 is 23.1 Å². The molecule has 0 bridgehead atoms. The summed E-state index contributed by atoms with van der Waals surface area (Å²) in [4.78, 5) is 46.3. The van der Waals surface area contributed by atoms with Gasteiger partial charge < -0.3 is 15.6 Å². The highest BCUT2D eigenvalue weighted by atomic mass is 32.2. The van der Waals surface area contributed by atoms with Crippen molar-refractivity contribution in [3.63, 3.8) is 0 Å². The van der Waals surface area contributed by atoms with Crippen LogP contribution in [-0.4, -0.2) is 27.0 Å². The van der Waals surface area contributed by atoms with Crippen molar-refractivity contribution in [2.45, 2.75) is 57.6 Å². The fourth-order valence-corrected chi connectivity index (χ4v) is 5.32. The third kappa shape index (κ3) is 5.47. The van der Waals surface area contributed by atoms with E-state index in [-0.39, 0.29) is 34.6 Å². The van der Waals surface area contributed by atoms with Crippen molar-refractivity contribution in [3.8, 4) is 0 Å². The fourth-order valence-electron chi connectivity index (χ4n) is 3.51. The number of thiophene rings is 1. The monoisotopic (exact) mass is 484 g/mol. The van der Waals surface area contributed by atoms with Crippen molar-refractivity contribution < 1.29 is 9.59 Å². The molecule has 2 heterocycles. The summed E-state index contributed by atoms with van der Waals surface area (Å²) in [5, 5.41) is 6.30. The summed E-state index contributed by atoms with van der Waals surface area (Å²) >= 11 is 2.95. The van der Waals surface area contributed by atoms with Gasteiger partial charge in [-0.1, -0.05) is 12.1 Å². The Hall–Kier alpha value is -2.65. The molecule has 1 aromatic carbocycles. The lowest BCUT2D eigenvalue weighted by Crippen LogP contribution is -2.33. The van der Waals surface area contributed by atoms with Crippen molar-refractivity contribution in [2.75, 3.05) is 5.32 Å². The molecule has 2 unspecified atom stereocenters. The van der Waals surface area contributed by atoms with Crippen LogP contribution in [0.1, 0.15) is 54.6 Å². The zero-order valence-corrected chi connectivity index (χ0v) is 20.8. The maximum absolute atomic E-state index is 12.7. The van der Waals surface area contributed by atoms with Crippen LogP contribution in [0.2, 0.25) is 0 Å². The zero-order chi connectivity index (χ0) is 23.7. The summed E-state index contributed by atoms with van der Waals surface area (Å²) in [6, 6.07) is 7.39. The number of carbonyl (C=O) groups is 2. The molecule has 3 N–H and O–H groups in total. The molecule has 1 aliphatic rings. The van der Waals surface area contributed by atoms with Crippen molar-refractivity contribution >= 4 is 50.8 Å². The first-order valence-electron chi connectivity index (χ1n) is 11.0. The third-order valence-corrected chi connectivity index (χ3v) is 8.17. The van der Waals surface area contributed by atoms with Crippen molar-refractivity contribution in [3.05, 3.63) is 56.4 Å². The predicted molar refractivity (Wildman–Crippen MR) is 135 cm³/mol. The predicted octanol–water partition coefficient (Wildman–Crippen LogP) is 4.45. The molecule has 0 aliphatic heterocycles. The number of thioether (sulfide) groups is 1. The van der Waals surface area contributed by atoms with Gasteiger partial charge in [-0.05, 0) is 63.8 Å². The number of rotatable bonds is 8. The van der Waals surface area contributed by atoms with Gasteiger partial charge in [0.15, 0.2) is 0 Å². The second-order valence-electron chi connectivity index (χ2n) is 8.55. The van der Waals surface area contributed by atoms with E-state index in [0.717, 1.165) is 39.4 Å². The second kappa shape index (κ2) is 9.69. The van der Waals surface area contributed by atoms with Crippen molar-refractivity contribution in [1.82, 2.24) is 15.3 Å². The zero-order valence-electron chi connectivity index (χ0n) is 19.2. The van der Waals surface area contributed by atoms with Crippen molar-refractivity contribution in [1.29, 1.82) is 0 Å². The van der Waals surface area contributed by atoms with E-state index in [1.54, 1.807) is 0 Å². The Balaban J connectivity index is 1.31. The van der Waals surface area contributed by atoms with Crippen LogP contribution in [0, 0.1) is 19.8 Å². The molecule has 2 atom stereocenters. The van der Waals surface area contributed by atoms with E-state index < -0.39 is 0 Å². The number of hydrogen-bond acceptors (Lipinski definition) is 6. The number of aromatic nitrogens is 2. The van der Waals surface area contributed by atoms with E-state index in [2.05, 4.69) is 20.6 Å². The summed E-state index contributed by atoms with van der Waals surface area (Å²) in [6.45, 7) is 7.70. The highest BCUT2D eigenvalue weighted by Crippen LogP contribution is 2.30. The number of nitrogens with one attached hydrogen (secondary N) is 3. The van der Waals surface area contributed by atoms with Crippen LogP contribution in [0.5, 0.6) is 0 Å². The molecule has 2 aromatic heterocycles. The van der Waals surface area contributed by atoms with Gasteiger partial charge in [0.05, 0.1) is 22.4 Å². The first-order chi connectivity index (χ1) is 15.7. The SMILES string of the molecule is Cc1sc2nc(CSC(C)C(=O)NC(C)c3ccc(NC(=O)C4CC4)cc3)[nH]c(=O)c2c1C. The Morgan fingerprint density at radius 1 is 1.21 bits per heavy atom. The lowest BCUT2D eigenvalue weighted by molar-refractivity contribution is -0.121. The quantitative estimate of drug-likeness (QED) is 0.438. The van der Waals surface area contributed by atoms with Crippen LogP contribution in [0.3, 0.4) is 0 Å². The molecule has 4 rings (SSSR count). The smallest absolute Gasteiger partial charge is 0.259 e. The van der Waals surface area contributed by atoms with Crippen LogP contribution in [0.25, 0.3) is 10.2 Å². The maximum Gasteiger partial charge on any atom is 0.259 e. The first kappa shape index (κ1) is 23.5. The van der Waals surface area contributed by atoms with E-state index in [1.165, 1.54) is 23.1 Å². The molecule has 1 aliphatic carbocycles. The summed E-state index contributed by atoms with van der Waals surface area (Å²) in [6.07, 6.45) is 1.94. The lowest BCUT2D eigenvalue weighted by Gasteiger charge is -2.18. The van der Waals surface area contributed by atoms with Gasteiger partial charge in [-0.15, -0.1) is 23.1 Å². The number of amides is 2. The minimum Gasteiger partial charge on any atom is -0.349 e. The first-order valence-corrected chi connectivity index (χ1v) is 12.9.